The minimum Gasteiger partial charge on any atom is -0.508 e. The Morgan fingerprint density at radius 2 is 1.83 bits per heavy atom. The van der Waals surface area contributed by atoms with Crippen LogP contribution in [-0.2, 0) is 16.0 Å². The number of rotatable bonds is 4. The van der Waals surface area contributed by atoms with Gasteiger partial charge in [0.25, 0.3) is 5.91 Å². The highest BCUT2D eigenvalue weighted by Crippen LogP contribution is 2.31. The standard InChI is InChI=1S/C23H22ClNO4/c1-14-19(13-22(27)29-18-4-2-3-5-18)20-12-17(26)10-11-21(20)25(14)23(28)15-6-8-16(24)9-7-15/h6-12,18,26H,2-5,13H2,1H3. The molecule has 0 aliphatic heterocycles. The lowest BCUT2D eigenvalue weighted by Crippen LogP contribution is -2.17. The van der Waals surface area contributed by atoms with E-state index in [1.54, 1.807) is 41.0 Å². The van der Waals surface area contributed by atoms with Gasteiger partial charge >= 0.3 is 5.97 Å². The lowest BCUT2D eigenvalue weighted by atomic mass is 10.1. The van der Waals surface area contributed by atoms with Gasteiger partial charge in [0.05, 0.1) is 11.9 Å². The van der Waals surface area contributed by atoms with E-state index >= 15 is 0 Å². The molecule has 150 valence electrons. The first-order valence-electron chi connectivity index (χ1n) is 9.76. The average Bonchev–Trinajstić information content (AvgIpc) is 3.29. The molecule has 0 spiro atoms. The zero-order valence-electron chi connectivity index (χ0n) is 16.2. The highest BCUT2D eigenvalue weighted by Gasteiger charge is 2.24. The maximum atomic E-state index is 13.2. The third kappa shape index (κ3) is 3.87. The van der Waals surface area contributed by atoms with E-state index in [4.69, 9.17) is 16.3 Å². The van der Waals surface area contributed by atoms with Gasteiger partial charge in [-0.15, -0.1) is 0 Å². The van der Waals surface area contributed by atoms with Gasteiger partial charge in [0.1, 0.15) is 11.9 Å². The third-order valence-electron chi connectivity index (χ3n) is 5.53. The van der Waals surface area contributed by atoms with Crippen LogP contribution >= 0.6 is 11.6 Å². The van der Waals surface area contributed by atoms with Crippen molar-refractivity contribution >= 4 is 34.4 Å². The molecule has 4 rings (SSSR count). The number of aromatic nitrogens is 1. The molecule has 0 radical (unpaired) electrons. The lowest BCUT2D eigenvalue weighted by molar-refractivity contribution is -0.147. The zero-order valence-corrected chi connectivity index (χ0v) is 16.9. The van der Waals surface area contributed by atoms with Crippen LogP contribution in [-0.4, -0.2) is 27.7 Å². The molecule has 1 aliphatic carbocycles. The molecule has 29 heavy (non-hydrogen) atoms. The quantitative estimate of drug-likeness (QED) is 0.611. The monoisotopic (exact) mass is 411 g/mol. The number of aromatic hydroxyl groups is 1. The van der Waals surface area contributed by atoms with E-state index in [1.807, 2.05) is 6.92 Å². The van der Waals surface area contributed by atoms with Crippen LogP contribution in [0.2, 0.25) is 5.02 Å². The minimum absolute atomic E-state index is 0.0136. The summed E-state index contributed by atoms with van der Waals surface area (Å²) in [5.41, 5.74) is 2.49. The molecule has 6 heteroatoms. The maximum absolute atomic E-state index is 13.2. The van der Waals surface area contributed by atoms with Crippen LogP contribution in [0.4, 0.5) is 0 Å². The van der Waals surface area contributed by atoms with Crippen molar-refractivity contribution < 1.29 is 19.4 Å². The van der Waals surface area contributed by atoms with Gasteiger partial charge < -0.3 is 9.84 Å². The number of esters is 1. The Hall–Kier alpha value is -2.79. The Morgan fingerprint density at radius 1 is 1.14 bits per heavy atom. The fraction of sp³-hybridized carbons (Fsp3) is 0.304. The first-order valence-corrected chi connectivity index (χ1v) is 10.1. The van der Waals surface area contributed by atoms with Crippen LogP contribution in [0, 0.1) is 6.92 Å². The van der Waals surface area contributed by atoms with Crippen molar-refractivity contribution in [2.24, 2.45) is 0 Å². The topological polar surface area (TPSA) is 68.5 Å². The Kier molecular flexibility index (Phi) is 5.33. The number of hydrogen-bond donors (Lipinski definition) is 1. The second-order valence-corrected chi connectivity index (χ2v) is 7.92. The molecule has 1 N–H and O–H groups in total. The predicted octanol–water partition coefficient (Wildman–Crippen LogP) is 5.03. The molecule has 5 nitrogen and oxygen atoms in total. The van der Waals surface area contributed by atoms with Crippen LogP contribution in [0.3, 0.4) is 0 Å². The summed E-state index contributed by atoms with van der Waals surface area (Å²) in [6, 6.07) is 11.5. The highest BCUT2D eigenvalue weighted by atomic mass is 35.5. The first-order chi connectivity index (χ1) is 13.9. The number of nitrogens with zero attached hydrogens (tertiary/aromatic N) is 1. The molecule has 1 aromatic heterocycles. The van der Waals surface area contributed by atoms with Gasteiger partial charge in [-0.25, -0.2) is 0 Å². The average molecular weight is 412 g/mol. The Balaban J connectivity index is 1.73. The van der Waals surface area contributed by atoms with Gasteiger partial charge in [0, 0.05) is 21.7 Å². The molecule has 1 heterocycles. The van der Waals surface area contributed by atoms with Gasteiger partial charge in [-0.2, -0.15) is 0 Å². The fourth-order valence-electron chi connectivity index (χ4n) is 4.06. The number of halogens is 1. The normalized spacial score (nSPS) is 14.4. The first kappa shape index (κ1) is 19.5. The van der Waals surface area contributed by atoms with Crippen molar-refractivity contribution in [3.63, 3.8) is 0 Å². The SMILES string of the molecule is Cc1c(CC(=O)OC2CCCC2)c2cc(O)ccc2n1C(=O)c1ccc(Cl)cc1. The van der Waals surface area contributed by atoms with E-state index in [2.05, 4.69) is 0 Å². The van der Waals surface area contributed by atoms with E-state index in [0.717, 1.165) is 25.7 Å². The van der Waals surface area contributed by atoms with Crippen molar-refractivity contribution in [1.29, 1.82) is 0 Å². The van der Waals surface area contributed by atoms with Crippen LogP contribution in [0.15, 0.2) is 42.5 Å². The van der Waals surface area contributed by atoms with E-state index in [-0.39, 0.29) is 30.2 Å². The van der Waals surface area contributed by atoms with Crippen molar-refractivity contribution in [2.75, 3.05) is 0 Å². The van der Waals surface area contributed by atoms with E-state index < -0.39 is 0 Å². The zero-order chi connectivity index (χ0) is 20.5. The molecule has 1 fully saturated rings. The van der Waals surface area contributed by atoms with Crippen molar-refractivity contribution in [2.45, 2.75) is 45.1 Å². The van der Waals surface area contributed by atoms with Gasteiger partial charge in [-0.3, -0.25) is 14.2 Å². The molecule has 1 aliphatic rings. The highest BCUT2D eigenvalue weighted by molar-refractivity contribution is 6.30. The molecule has 0 saturated heterocycles. The molecule has 2 aromatic carbocycles. The summed E-state index contributed by atoms with van der Waals surface area (Å²) in [5.74, 6) is -0.439. The van der Waals surface area contributed by atoms with E-state index in [0.29, 0.717) is 32.7 Å². The molecule has 0 unspecified atom stereocenters. The molecule has 0 bridgehead atoms. The largest absolute Gasteiger partial charge is 0.508 e. The number of benzene rings is 2. The van der Waals surface area contributed by atoms with Gasteiger partial charge in [-0.1, -0.05) is 11.6 Å². The Labute approximate surface area is 173 Å². The number of fused-ring (bicyclic) bond motifs is 1. The van der Waals surface area contributed by atoms with Crippen LogP contribution in [0.1, 0.15) is 47.3 Å². The number of phenolic OH excluding ortho intramolecular Hbond substituents is 1. The summed E-state index contributed by atoms with van der Waals surface area (Å²) >= 11 is 5.94. The summed E-state index contributed by atoms with van der Waals surface area (Å²) in [7, 11) is 0. The van der Waals surface area contributed by atoms with Crippen molar-refractivity contribution in [3.05, 3.63) is 64.3 Å². The second kappa shape index (κ2) is 7.91. The Morgan fingerprint density at radius 3 is 2.52 bits per heavy atom. The molecule has 1 saturated carbocycles. The van der Waals surface area contributed by atoms with E-state index in [9.17, 15) is 14.7 Å². The van der Waals surface area contributed by atoms with Gasteiger partial charge in [-0.05, 0) is 80.6 Å². The number of hydrogen-bond acceptors (Lipinski definition) is 4. The molecular weight excluding hydrogens is 390 g/mol. The van der Waals surface area contributed by atoms with Crippen LogP contribution in [0.25, 0.3) is 10.9 Å². The van der Waals surface area contributed by atoms with E-state index in [1.165, 1.54) is 6.07 Å². The molecule has 3 aromatic rings. The summed E-state index contributed by atoms with van der Waals surface area (Å²) < 4.78 is 7.19. The summed E-state index contributed by atoms with van der Waals surface area (Å²) in [6.45, 7) is 1.81. The number of carbonyl (C=O) groups excluding carboxylic acids is 2. The Bertz CT molecular complexity index is 1080. The fourth-order valence-corrected chi connectivity index (χ4v) is 4.18. The summed E-state index contributed by atoms with van der Waals surface area (Å²) in [4.78, 5) is 25.7. The third-order valence-corrected chi connectivity index (χ3v) is 5.79. The number of phenols is 1. The van der Waals surface area contributed by atoms with Crippen LogP contribution in [0.5, 0.6) is 5.75 Å². The summed E-state index contributed by atoms with van der Waals surface area (Å²) in [6.07, 6.45) is 4.02. The van der Waals surface area contributed by atoms with Crippen LogP contribution < -0.4 is 0 Å². The van der Waals surface area contributed by atoms with Gasteiger partial charge in [0.2, 0.25) is 0 Å². The molecule has 0 amide bonds. The molecule has 0 atom stereocenters. The lowest BCUT2D eigenvalue weighted by Gasteiger charge is -2.11. The van der Waals surface area contributed by atoms with Gasteiger partial charge in [0.15, 0.2) is 0 Å². The second-order valence-electron chi connectivity index (χ2n) is 7.49. The summed E-state index contributed by atoms with van der Waals surface area (Å²) in [5, 5.41) is 11.2. The minimum atomic E-state index is -0.304. The molecular formula is C23H22ClNO4. The van der Waals surface area contributed by atoms with Crippen molar-refractivity contribution in [1.82, 2.24) is 4.57 Å². The maximum Gasteiger partial charge on any atom is 0.310 e. The predicted molar refractivity (Wildman–Crippen MR) is 112 cm³/mol. The smallest absolute Gasteiger partial charge is 0.310 e. The van der Waals surface area contributed by atoms with Crippen molar-refractivity contribution in [3.8, 4) is 5.75 Å². The number of carbonyl (C=O) groups is 2. The number of ether oxygens (including phenoxy) is 1.